The van der Waals surface area contributed by atoms with E-state index in [1.165, 1.54) is 33.0 Å². The van der Waals surface area contributed by atoms with Crippen LogP contribution in [0.1, 0.15) is 0 Å². The highest BCUT2D eigenvalue weighted by Crippen LogP contribution is 2.48. The van der Waals surface area contributed by atoms with E-state index in [4.69, 9.17) is 19.4 Å². The largest absolute Gasteiger partial charge is 0.456 e. The number of hydrogen-bond donors (Lipinski definition) is 0. The number of fused-ring (bicyclic) bond motifs is 6. The monoisotopic (exact) mass is 599 g/mol. The molecule has 0 N–H and O–H groups in total. The van der Waals surface area contributed by atoms with Crippen molar-refractivity contribution in [1.82, 2.24) is 15.0 Å². The van der Waals surface area contributed by atoms with E-state index in [0.717, 1.165) is 49.8 Å². The number of rotatable bonds is 4. The van der Waals surface area contributed by atoms with Crippen LogP contribution in [0.3, 0.4) is 0 Å². The zero-order valence-electron chi connectivity index (χ0n) is 25.2. The molecule has 2 aromatic heterocycles. The summed E-state index contributed by atoms with van der Waals surface area (Å²) in [5.41, 5.74) is 11.5. The third-order valence-corrected chi connectivity index (χ3v) is 9.26. The number of para-hydroxylation sites is 1. The molecule has 0 bridgehead atoms. The van der Waals surface area contributed by atoms with Gasteiger partial charge in [-0.1, -0.05) is 127 Å². The number of aromatic nitrogens is 3. The Morgan fingerprint density at radius 3 is 1.77 bits per heavy atom. The van der Waals surface area contributed by atoms with Gasteiger partial charge < -0.3 is 4.42 Å². The van der Waals surface area contributed by atoms with Crippen molar-refractivity contribution >= 4 is 32.7 Å². The average molecular weight is 600 g/mol. The molecule has 0 amide bonds. The number of furan rings is 1. The first-order chi connectivity index (χ1) is 23.3. The molecule has 0 fully saturated rings. The fourth-order valence-electron chi connectivity index (χ4n) is 7.10. The van der Waals surface area contributed by atoms with Crippen LogP contribution < -0.4 is 0 Å². The van der Waals surface area contributed by atoms with Crippen molar-refractivity contribution in [2.45, 2.75) is 0 Å². The van der Waals surface area contributed by atoms with Crippen LogP contribution in [-0.2, 0) is 0 Å². The highest BCUT2D eigenvalue weighted by molar-refractivity contribution is 6.16. The molecule has 2 heterocycles. The lowest BCUT2D eigenvalue weighted by Crippen LogP contribution is -2.01. The summed E-state index contributed by atoms with van der Waals surface area (Å²) < 4.78 is 6.44. The molecule has 0 saturated carbocycles. The van der Waals surface area contributed by atoms with Crippen molar-refractivity contribution in [3.05, 3.63) is 152 Å². The van der Waals surface area contributed by atoms with Crippen LogP contribution in [0, 0.1) is 0 Å². The maximum atomic E-state index is 6.44. The summed E-state index contributed by atoms with van der Waals surface area (Å²) in [5.74, 6) is 1.86. The second-order valence-corrected chi connectivity index (χ2v) is 12.0. The molecule has 1 aliphatic rings. The van der Waals surface area contributed by atoms with Gasteiger partial charge in [0.25, 0.3) is 0 Å². The van der Waals surface area contributed by atoms with E-state index in [1.54, 1.807) is 0 Å². The van der Waals surface area contributed by atoms with E-state index < -0.39 is 0 Å². The minimum absolute atomic E-state index is 0.606. The molecule has 0 unspecified atom stereocenters. The molecule has 0 atom stereocenters. The summed E-state index contributed by atoms with van der Waals surface area (Å²) in [4.78, 5) is 15.5. The Labute approximate surface area is 270 Å². The average Bonchev–Trinajstić information content (AvgIpc) is 3.68. The van der Waals surface area contributed by atoms with Gasteiger partial charge in [-0.2, -0.15) is 0 Å². The molecule has 218 valence electrons. The van der Waals surface area contributed by atoms with Crippen molar-refractivity contribution < 1.29 is 4.42 Å². The van der Waals surface area contributed by atoms with Gasteiger partial charge in [0.15, 0.2) is 17.5 Å². The van der Waals surface area contributed by atoms with Crippen LogP contribution in [0.5, 0.6) is 0 Å². The number of nitrogens with zero attached hydrogens (tertiary/aromatic N) is 3. The zero-order valence-corrected chi connectivity index (χ0v) is 25.2. The van der Waals surface area contributed by atoms with E-state index in [9.17, 15) is 0 Å². The molecule has 0 radical (unpaired) electrons. The van der Waals surface area contributed by atoms with Gasteiger partial charge in [-0.15, -0.1) is 0 Å². The standard InChI is InChI=1S/C43H25N3O/c1-3-11-26(12-4-1)30-24-36(40-34-17-7-8-20-37(34)47-38(40)25-30)43-45-41(28-13-5-2-6-14-28)44-42(46-43)29-21-22-31-32-18-9-15-27-16-10-19-33(39(27)32)35(31)23-29/h1-25H. The molecule has 4 nitrogen and oxygen atoms in total. The molecule has 0 saturated heterocycles. The summed E-state index contributed by atoms with van der Waals surface area (Å²) in [5, 5.41) is 4.58. The fraction of sp³-hybridized carbons (Fsp3) is 0. The lowest BCUT2D eigenvalue weighted by Gasteiger charge is -2.12. The van der Waals surface area contributed by atoms with Gasteiger partial charge in [-0.05, 0) is 68.4 Å². The Bertz CT molecular complexity index is 2670. The van der Waals surface area contributed by atoms with Gasteiger partial charge >= 0.3 is 0 Å². The maximum absolute atomic E-state index is 6.44. The van der Waals surface area contributed by atoms with Gasteiger partial charge in [0.1, 0.15) is 11.2 Å². The van der Waals surface area contributed by atoms with Crippen LogP contribution in [0.4, 0.5) is 0 Å². The quantitative estimate of drug-likeness (QED) is 0.202. The molecule has 10 rings (SSSR count). The van der Waals surface area contributed by atoms with Gasteiger partial charge in [0, 0.05) is 27.5 Å². The lowest BCUT2D eigenvalue weighted by atomic mass is 9.98. The molecule has 9 aromatic rings. The Balaban J connectivity index is 1.24. The Morgan fingerprint density at radius 2 is 0.979 bits per heavy atom. The molecular formula is C43H25N3O. The number of benzene rings is 7. The first kappa shape index (κ1) is 25.9. The predicted octanol–water partition coefficient (Wildman–Crippen LogP) is 11.2. The van der Waals surface area contributed by atoms with Crippen molar-refractivity contribution in [2.24, 2.45) is 0 Å². The van der Waals surface area contributed by atoms with Crippen LogP contribution >= 0.6 is 0 Å². The van der Waals surface area contributed by atoms with Gasteiger partial charge in [-0.3, -0.25) is 0 Å². The topological polar surface area (TPSA) is 51.8 Å². The van der Waals surface area contributed by atoms with E-state index >= 15 is 0 Å². The summed E-state index contributed by atoms with van der Waals surface area (Å²) in [6.07, 6.45) is 0. The molecule has 47 heavy (non-hydrogen) atoms. The Morgan fingerprint density at radius 1 is 0.340 bits per heavy atom. The molecule has 1 aliphatic carbocycles. The van der Waals surface area contributed by atoms with Crippen LogP contribution in [-0.4, -0.2) is 15.0 Å². The molecule has 4 heteroatoms. The minimum Gasteiger partial charge on any atom is -0.456 e. The SMILES string of the molecule is c1ccc(-c2cc(-c3nc(-c4ccccc4)nc(-c4ccc5c(c4)-c4cccc6cccc-5c46)n3)c3c(c2)oc2ccccc23)cc1. The maximum Gasteiger partial charge on any atom is 0.164 e. The summed E-state index contributed by atoms with van der Waals surface area (Å²) in [6, 6.07) is 52.6. The van der Waals surface area contributed by atoms with Gasteiger partial charge in [0.2, 0.25) is 0 Å². The highest BCUT2D eigenvalue weighted by Gasteiger charge is 2.23. The first-order valence-electron chi connectivity index (χ1n) is 15.8. The highest BCUT2D eigenvalue weighted by atomic mass is 16.3. The van der Waals surface area contributed by atoms with Crippen LogP contribution in [0.2, 0.25) is 0 Å². The van der Waals surface area contributed by atoms with E-state index in [2.05, 4.69) is 97.1 Å². The van der Waals surface area contributed by atoms with Crippen molar-refractivity contribution in [3.8, 4) is 67.5 Å². The molecule has 7 aromatic carbocycles. The molecule has 0 aliphatic heterocycles. The first-order valence-corrected chi connectivity index (χ1v) is 15.8. The zero-order chi connectivity index (χ0) is 30.9. The van der Waals surface area contributed by atoms with Gasteiger partial charge in [0.05, 0.1) is 0 Å². The lowest BCUT2D eigenvalue weighted by molar-refractivity contribution is 0.669. The minimum atomic E-state index is 0.606. The number of hydrogen-bond acceptors (Lipinski definition) is 4. The smallest absolute Gasteiger partial charge is 0.164 e. The van der Waals surface area contributed by atoms with E-state index in [0.29, 0.717) is 17.5 Å². The molecule has 0 spiro atoms. The molecular weight excluding hydrogens is 574 g/mol. The summed E-state index contributed by atoms with van der Waals surface area (Å²) >= 11 is 0. The second kappa shape index (κ2) is 10.1. The predicted molar refractivity (Wildman–Crippen MR) is 191 cm³/mol. The van der Waals surface area contributed by atoms with Crippen LogP contribution in [0.15, 0.2) is 156 Å². The summed E-state index contributed by atoms with van der Waals surface area (Å²) in [6.45, 7) is 0. The van der Waals surface area contributed by atoms with E-state index in [1.807, 2.05) is 54.6 Å². The fourth-order valence-corrected chi connectivity index (χ4v) is 7.10. The summed E-state index contributed by atoms with van der Waals surface area (Å²) in [7, 11) is 0. The Kier molecular flexibility index (Phi) is 5.54. The van der Waals surface area contributed by atoms with Crippen molar-refractivity contribution in [1.29, 1.82) is 0 Å². The second-order valence-electron chi connectivity index (χ2n) is 12.0. The third-order valence-electron chi connectivity index (χ3n) is 9.26. The Hall–Kier alpha value is -6.39. The van der Waals surface area contributed by atoms with E-state index in [-0.39, 0.29) is 0 Å². The van der Waals surface area contributed by atoms with Crippen molar-refractivity contribution in [2.75, 3.05) is 0 Å². The van der Waals surface area contributed by atoms with Crippen LogP contribution in [0.25, 0.3) is 100 Å². The van der Waals surface area contributed by atoms with Crippen molar-refractivity contribution in [3.63, 3.8) is 0 Å². The third kappa shape index (κ3) is 4.05. The van der Waals surface area contributed by atoms with Gasteiger partial charge in [-0.25, -0.2) is 15.0 Å². The normalized spacial score (nSPS) is 11.8.